The van der Waals surface area contributed by atoms with Crippen LogP contribution in [-0.2, 0) is 33.3 Å². The zero-order valence-corrected chi connectivity index (χ0v) is 63.4. The van der Waals surface area contributed by atoms with E-state index in [0.29, 0.717) is 17.4 Å². The number of carbonyl (C=O) groups is 3. The van der Waals surface area contributed by atoms with E-state index in [0.717, 1.165) is 109 Å². The molecule has 0 aromatic rings. The minimum Gasteiger partial charge on any atom is -0.545 e. The number of quaternary nitrogens is 1. The van der Waals surface area contributed by atoms with Crippen LogP contribution in [0.25, 0.3) is 0 Å². The molecular weight excluding hydrogens is 1200 g/mol. The Morgan fingerprint density at radius 2 is 0.588 bits per heavy atom. The van der Waals surface area contributed by atoms with Crippen molar-refractivity contribution < 1.29 is 42.9 Å². The maximum Gasteiger partial charge on any atom is 0.306 e. The van der Waals surface area contributed by atoms with Crippen LogP contribution < -0.4 is 5.11 Å². The summed E-state index contributed by atoms with van der Waals surface area (Å²) < 4.78 is 22.9. The van der Waals surface area contributed by atoms with E-state index in [-0.39, 0.29) is 38.6 Å². The second-order valence-electron chi connectivity index (χ2n) is 27.6. The third kappa shape index (κ3) is 78.4. The first-order valence-electron chi connectivity index (χ1n) is 40.0. The Kier molecular flexibility index (Phi) is 73.1. The van der Waals surface area contributed by atoms with Crippen LogP contribution >= 0.6 is 0 Å². The van der Waals surface area contributed by atoms with Crippen molar-refractivity contribution in [3.63, 3.8) is 0 Å². The highest BCUT2D eigenvalue weighted by Crippen LogP contribution is 2.18. The standard InChI is InChI=1S/C88H149NO8/c1-6-8-10-12-14-16-18-20-22-24-26-28-30-32-34-36-38-39-40-41-42-43-44-45-46-47-49-51-53-55-57-59-61-63-65-67-69-71-73-75-77-79-86(91)97-84(83-96-88(87(92)93)94-81-80-89(3,4)5)82-95-85(90)78-76-74-72-70-68-66-64-62-60-58-56-54-52-50-48-37-35-33-31-29-27-25-23-21-19-17-15-13-11-9-7-2/h8,10,14,16,19-22,25-28,31-34,38-39,41-42,44-45,47,49,84,88H,6-7,9,11-13,15,17-18,23-24,29-30,35-37,40,43,46,48,50-83H2,1-5H3/b10-8-,16-14-,21-19-,22-20-,27-25-,28-26-,33-31-,34-32-,39-38-,42-41-,45-44-,49-47-. The van der Waals surface area contributed by atoms with Crippen LogP contribution in [0.5, 0.6) is 0 Å². The Hall–Kier alpha value is -4.83. The first-order chi connectivity index (χ1) is 47.6. The minimum absolute atomic E-state index is 0.143. The molecule has 0 aromatic heterocycles. The Morgan fingerprint density at radius 3 is 0.876 bits per heavy atom. The van der Waals surface area contributed by atoms with Crippen LogP contribution in [-0.4, -0.2) is 82.3 Å². The van der Waals surface area contributed by atoms with Gasteiger partial charge in [0.25, 0.3) is 0 Å². The summed E-state index contributed by atoms with van der Waals surface area (Å²) in [6.07, 6.45) is 110. The van der Waals surface area contributed by atoms with E-state index in [1.54, 1.807) is 0 Å². The van der Waals surface area contributed by atoms with Crippen molar-refractivity contribution in [3.05, 3.63) is 146 Å². The zero-order chi connectivity index (χ0) is 70.4. The highest BCUT2D eigenvalue weighted by molar-refractivity contribution is 5.70. The van der Waals surface area contributed by atoms with E-state index in [9.17, 15) is 19.5 Å². The van der Waals surface area contributed by atoms with Gasteiger partial charge in [-0.1, -0.05) is 346 Å². The lowest BCUT2D eigenvalue weighted by molar-refractivity contribution is -0.870. The van der Waals surface area contributed by atoms with Gasteiger partial charge in [-0.3, -0.25) is 9.59 Å². The van der Waals surface area contributed by atoms with Crippen molar-refractivity contribution in [2.24, 2.45) is 0 Å². The highest BCUT2D eigenvalue weighted by Gasteiger charge is 2.22. The first kappa shape index (κ1) is 92.2. The molecule has 0 saturated heterocycles. The SMILES string of the molecule is CC/C=C\C/C=C\C/C=C\C/C=C\C/C=C\C/C=C\C/C=C\C/C=C\C/C=C\CCCCCCCCCCCCCCCC(=O)OC(COC(=O)CCCCCCCCCCCCCCCCCC/C=C\C/C=C\C/C=C\CCCCCCC)COC(OCC[N+](C)(C)C)C(=O)[O-]. The number of carboxylic acid groups (broad SMARTS) is 1. The molecule has 0 rings (SSSR count). The number of nitrogens with zero attached hydrogens (tertiary/aromatic N) is 1. The molecule has 9 nitrogen and oxygen atoms in total. The fourth-order valence-corrected chi connectivity index (χ4v) is 11.0. The molecule has 0 fully saturated rings. The number of esters is 2. The molecule has 0 radical (unpaired) electrons. The van der Waals surface area contributed by atoms with Crippen LogP contribution in [0.4, 0.5) is 0 Å². The largest absolute Gasteiger partial charge is 0.545 e. The van der Waals surface area contributed by atoms with Crippen LogP contribution in [0.2, 0.25) is 0 Å². The molecule has 0 saturated carbocycles. The summed E-state index contributed by atoms with van der Waals surface area (Å²) in [4.78, 5) is 37.6. The molecule has 2 atom stereocenters. The molecule has 0 aromatic carbocycles. The predicted molar refractivity (Wildman–Crippen MR) is 416 cm³/mol. The molecule has 0 bridgehead atoms. The number of carbonyl (C=O) groups excluding carboxylic acids is 3. The van der Waals surface area contributed by atoms with Crippen molar-refractivity contribution in [2.45, 2.75) is 347 Å². The van der Waals surface area contributed by atoms with Crippen molar-refractivity contribution in [3.8, 4) is 0 Å². The molecule has 554 valence electrons. The minimum atomic E-state index is -1.63. The molecule has 0 amide bonds. The van der Waals surface area contributed by atoms with Crippen LogP contribution in [0.1, 0.15) is 335 Å². The second-order valence-corrected chi connectivity index (χ2v) is 27.6. The Labute approximate surface area is 598 Å². The number of unbranched alkanes of at least 4 members (excludes halogenated alkanes) is 34. The Balaban J connectivity index is 4.07. The third-order valence-electron chi connectivity index (χ3n) is 17.1. The molecular formula is C88H149NO8. The maximum atomic E-state index is 13.0. The van der Waals surface area contributed by atoms with Gasteiger partial charge in [0, 0.05) is 12.8 Å². The molecule has 0 aliphatic heterocycles. The molecule has 0 N–H and O–H groups in total. The molecule has 0 aliphatic carbocycles. The van der Waals surface area contributed by atoms with Gasteiger partial charge in [0.2, 0.25) is 0 Å². The van der Waals surface area contributed by atoms with Crippen LogP contribution in [0.3, 0.4) is 0 Å². The molecule has 9 heteroatoms. The van der Waals surface area contributed by atoms with E-state index in [4.69, 9.17) is 18.9 Å². The van der Waals surface area contributed by atoms with E-state index in [1.165, 1.54) is 193 Å². The number of ether oxygens (including phenoxy) is 4. The van der Waals surface area contributed by atoms with Gasteiger partial charge in [-0.15, -0.1) is 0 Å². The van der Waals surface area contributed by atoms with E-state index in [1.807, 2.05) is 21.1 Å². The quantitative estimate of drug-likeness (QED) is 0.0195. The summed E-state index contributed by atoms with van der Waals surface area (Å²) in [5, 5.41) is 11.9. The number of likely N-dealkylation sites (N-methyl/N-ethyl adjacent to an activating group) is 1. The second kappa shape index (κ2) is 76.9. The van der Waals surface area contributed by atoms with E-state index in [2.05, 4.69) is 160 Å². The lowest BCUT2D eigenvalue weighted by Gasteiger charge is -2.26. The van der Waals surface area contributed by atoms with Gasteiger partial charge >= 0.3 is 11.9 Å². The van der Waals surface area contributed by atoms with Gasteiger partial charge in [-0.2, -0.15) is 0 Å². The van der Waals surface area contributed by atoms with Crippen molar-refractivity contribution in [1.29, 1.82) is 0 Å². The summed E-state index contributed by atoms with van der Waals surface area (Å²) >= 11 is 0. The molecule has 97 heavy (non-hydrogen) atoms. The summed E-state index contributed by atoms with van der Waals surface area (Å²) in [6, 6.07) is 0. The number of carboxylic acids is 1. The van der Waals surface area contributed by atoms with Crippen molar-refractivity contribution in [2.75, 3.05) is 47.5 Å². The Bertz CT molecular complexity index is 2110. The Morgan fingerprint density at radius 1 is 0.320 bits per heavy atom. The first-order valence-corrected chi connectivity index (χ1v) is 40.0. The van der Waals surface area contributed by atoms with E-state index < -0.39 is 24.3 Å². The monoisotopic (exact) mass is 1350 g/mol. The lowest BCUT2D eigenvalue weighted by atomic mass is 10.0. The van der Waals surface area contributed by atoms with Gasteiger partial charge in [-0.05, 0) is 122 Å². The summed E-state index contributed by atoms with van der Waals surface area (Å²) in [6.45, 7) is 4.64. The fraction of sp³-hybridized carbons (Fsp3) is 0.693. The van der Waals surface area contributed by atoms with Gasteiger partial charge in [0.15, 0.2) is 12.4 Å². The number of hydrogen-bond acceptors (Lipinski definition) is 8. The van der Waals surface area contributed by atoms with Gasteiger partial charge in [-0.25, -0.2) is 0 Å². The lowest BCUT2D eigenvalue weighted by Crippen LogP contribution is -2.44. The normalized spacial score (nSPS) is 13.5. The van der Waals surface area contributed by atoms with Crippen LogP contribution in [0, 0.1) is 0 Å². The van der Waals surface area contributed by atoms with Gasteiger partial charge in [0.1, 0.15) is 13.2 Å². The van der Waals surface area contributed by atoms with Crippen LogP contribution in [0.15, 0.2) is 146 Å². The average Bonchev–Trinajstić information content (AvgIpc) is 3.27. The third-order valence-corrected chi connectivity index (χ3v) is 17.1. The molecule has 2 unspecified atom stereocenters. The van der Waals surface area contributed by atoms with E-state index >= 15 is 0 Å². The van der Waals surface area contributed by atoms with Crippen molar-refractivity contribution in [1.82, 2.24) is 0 Å². The molecule has 0 heterocycles. The predicted octanol–water partition coefficient (Wildman–Crippen LogP) is 24.5. The molecule has 0 spiro atoms. The fourth-order valence-electron chi connectivity index (χ4n) is 11.0. The molecule has 0 aliphatic rings. The maximum absolute atomic E-state index is 13.0. The summed E-state index contributed by atoms with van der Waals surface area (Å²) in [5.41, 5.74) is 0. The number of allylic oxidation sites excluding steroid dienone is 24. The summed E-state index contributed by atoms with van der Waals surface area (Å²) in [7, 11) is 5.94. The highest BCUT2D eigenvalue weighted by atomic mass is 16.7. The average molecular weight is 1350 g/mol. The van der Waals surface area contributed by atoms with Gasteiger partial charge < -0.3 is 33.3 Å². The van der Waals surface area contributed by atoms with Gasteiger partial charge in [0.05, 0.1) is 40.3 Å². The smallest absolute Gasteiger partial charge is 0.306 e. The number of aliphatic carboxylic acids is 1. The summed E-state index contributed by atoms with van der Waals surface area (Å²) in [5.74, 6) is -2.28. The number of rotatable bonds is 73. The zero-order valence-electron chi connectivity index (χ0n) is 63.4. The number of hydrogen-bond donors (Lipinski definition) is 0. The topological polar surface area (TPSA) is 111 Å². The van der Waals surface area contributed by atoms with Crippen molar-refractivity contribution >= 4 is 17.9 Å².